The first kappa shape index (κ1) is 12.2. The number of amides is 1. The summed E-state index contributed by atoms with van der Waals surface area (Å²) < 4.78 is 0. The van der Waals surface area contributed by atoms with Gasteiger partial charge in [-0.05, 0) is 37.0 Å². The van der Waals surface area contributed by atoms with Gasteiger partial charge in [0.1, 0.15) is 5.75 Å². The van der Waals surface area contributed by atoms with Gasteiger partial charge in [0.15, 0.2) is 0 Å². The molecule has 0 unspecified atom stereocenters. The number of phenols is 1. The van der Waals surface area contributed by atoms with Gasteiger partial charge in [0.25, 0.3) is 5.91 Å². The maximum absolute atomic E-state index is 12.2. The van der Waals surface area contributed by atoms with Crippen molar-refractivity contribution in [2.24, 2.45) is 5.92 Å². The van der Waals surface area contributed by atoms with Crippen molar-refractivity contribution in [2.45, 2.75) is 19.8 Å². The molecule has 1 aliphatic heterocycles. The third kappa shape index (κ3) is 2.72. The van der Waals surface area contributed by atoms with Crippen LogP contribution in [0.4, 0.5) is 0 Å². The molecule has 0 aromatic heterocycles. The second kappa shape index (κ2) is 4.96. The topological polar surface area (TPSA) is 40.5 Å². The first-order valence-electron chi connectivity index (χ1n) is 5.85. The largest absolute Gasteiger partial charge is 0.507 e. The standard InChI is InChI=1S/C13H16ClNO2/c1-9-4-6-15(7-5-9)13(17)11-3-2-10(14)8-12(11)16/h2-3,8-9,16H,4-7H2,1H3. The zero-order valence-corrected chi connectivity index (χ0v) is 10.6. The number of benzene rings is 1. The van der Waals surface area contributed by atoms with E-state index in [1.54, 1.807) is 17.0 Å². The summed E-state index contributed by atoms with van der Waals surface area (Å²) in [4.78, 5) is 14.0. The van der Waals surface area contributed by atoms with E-state index in [0.29, 0.717) is 16.5 Å². The fourth-order valence-corrected chi connectivity index (χ4v) is 2.23. The molecule has 0 spiro atoms. The van der Waals surface area contributed by atoms with Crippen molar-refractivity contribution in [3.05, 3.63) is 28.8 Å². The minimum absolute atomic E-state index is 0.0406. The molecule has 1 aromatic rings. The highest BCUT2D eigenvalue weighted by Crippen LogP contribution is 2.25. The minimum Gasteiger partial charge on any atom is -0.507 e. The zero-order chi connectivity index (χ0) is 12.4. The fourth-order valence-electron chi connectivity index (χ4n) is 2.07. The molecule has 0 aliphatic carbocycles. The maximum Gasteiger partial charge on any atom is 0.257 e. The van der Waals surface area contributed by atoms with E-state index in [1.807, 2.05) is 0 Å². The van der Waals surface area contributed by atoms with Gasteiger partial charge < -0.3 is 10.0 Å². The zero-order valence-electron chi connectivity index (χ0n) is 9.82. The molecule has 1 fully saturated rings. The number of carbonyl (C=O) groups is 1. The van der Waals surface area contributed by atoms with Crippen LogP contribution in [0.5, 0.6) is 5.75 Å². The molecule has 17 heavy (non-hydrogen) atoms. The number of rotatable bonds is 1. The molecule has 3 nitrogen and oxygen atoms in total. The molecule has 0 radical (unpaired) electrons. The quantitative estimate of drug-likeness (QED) is 0.836. The smallest absolute Gasteiger partial charge is 0.257 e. The van der Waals surface area contributed by atoms with Gasteiger partial charge in [-0.2, -0.15) is 0 Å². The Balaban J connectivity index is 2.14. The van der Waals surface area contributed by atoms with Crippen LogP contribution in [-0.2, 0) is 0 Å². The van der Waals surface area contributed by atoms with Gasteiger partial charge in [0, 0.05) is 18.1 Å². The molecule has 1 N–H and O–H groups in total. The van der Waals surface area contributed by atoms with Crippen molar-refractivity contribution >= 4 is 17.5 Å². The summed E-state index contributed by atoms with van der Waals surface area (Å²) in [7, 11) is 0. The van der Waals surface area contributed by atoms with Crippen LogP contribution in [0.25, 0.3) is 0 Å². The van der Waals surface area contributed by atoms with Crippen molar-refractivity contribution in [1.82, 2.24) is 4.90 Å². The summed E-state index contributed by atoms with van der Waals surface area (Å²) in [5.41, 5.74) is 0.337. The highest BCUT2D eigenvalue weighted by Gasteiger charge is 2.23. The molecule has 0 atom stereocenters. The molecule has 2 rings (SSSR count). The van der Waals surface area contributed by atoms with Crippen LogP contribution in [0.3, 0.4) is 0 Å². The third-order valence-corrected chi connectivity index (χ3v) is 3.50. The van der Waals surface area contributed by atoms with Crippen LogP contribution >= 0.6 is 11.6 Å². The molecule has 1 saturated heterocycles. The Morgan fingerprint density at radius 3 is 2.65 bits per heavy atom. The second-order valence-electron chi connectivity index (χ2n) is 4.64. The van der Waals surface area contributed by atoms with E-state index in [-0.39, 0.29) is 11.7 Å². The lowest BCUT2D eigenvalue weighted by Crippen LogP contribution is -2.37. The minimum atomic E-state index is -0.105. The van der Waals surface area contributed by atoms with E-state index < -0.39 is 0 Å². The van der Waals surface area contributed by atoms with Gasteiger partial charge in [-0.3, -0.25) is 4.79 Å². The Kier molecular flexibility index (Phi) is 3.57. The average molecular weight is 254 g/mol. The molecule has 1 aliphatic rings. The molecule has 92 valence electrons. The summed E-state index contributed by atoms with van der Waals surface area (Å²) in [5, 5.41) is 10.1. The van der Waals surface area contributed by atoms with E-state index in [0.717, 1.165) is 25.9 Å². The van der Waals surface area contributed by atoms with E-state index >= 15 is 0 Å². The number of likely N-dealkylation sites (tertiary alicyclic amines) is 1. The van der Waals surface area contributed by atoms with Crippen LogP contribution in [0.15, 0.2) is 18.2 Å². The number of phenolic OH excluding ortho intramolecular Hbond substituents is 1. The van der Waals surface area contributed by atoms with Crippen molar-refractivity contribution < 1.29 is 9.90 Å². The van der Waals surface area contributed by atoms with Crippen LogP contribution in [-0.4, -0.2) is 29.0 Å². The van der Waals surface area contributed by atoms with E-state index in [2.05, 4.69) is 6.92 Å². The summed E-state index contributed by atoms with van der Waals surface area (Å²) in [6, 6.07) is 4.61. The molecule has 1 amide bonds. The molecule has 0 bridgehead atoms. The molecule has 4 heteroatoms. The van der Waals surface area contributed by atoms with Crippen LogP contribution in [0.1, 0.15) is 30.1 Å². The van der Waals surface area contributed by atoms with E-state index in [9.17, 15) is 9.90 Å². The van der Waals surface area contributed by atoms with Crippen molar-refractivity contribution in [2.75, 3.05) is 13.1 Å². The Morgan fingerprint density at radius 1 is 1.41 bits per heavy atom. The Morgan fingerprint density at radius 2 is 2.06 bits per heavy atom. The highest BCUT2D eigenvalue weighted by molar-refractivity contribution is 6.30. The normalized spacial score (nSPS) is 17.2. The lowest BCUT2D eigenvalue weighted by atomic mass is 9.98. The van der Waals surface area contributed by atoms with Crippen LogP contribution < -0.4 is 0 Å². The summed E-state index contributed by atoms with van der Waals surface area (Å²) >= 11 is 5.74. The molecule has 0 saturated carbocycles. The van der Waals surface area contributed by atoms with Crippen molar-refractivity contribution in [1.29, 1.82) is 0 Å². The summed E-state index contributed by atoms with van der Waals surface area (Å²) in [5.74, 6) is 0.532. The number of aromatic hydroxyl groups is 1. The Labute approximate surface area is 106 Å². The predicted molar refractivity (Wildman–Crippen MR) is 67.4 cm³/mol. The lowest BCUT2D eigenvalue weighted by molar-refractivity contribution is 0.0694. The SMILES string of the molecule is CC1CCN(C(=O)c2ccc(Cl)cc2O)CC1. The number of hydrogen-bond donors (Lipinski definition) is 1. The molecular formula is C13H16ClNO2. The number of piperidine rings is 1. The van der Waals surface area contributed by atoms with Crippen molar-refractivity contribution in [3.8, 4) is 5.75 Å². The monoisotopic (exact) mass is 253 g/mol. The van der Waals surface area contributed by atoms with Crippen LogP contribution in [0.2, 0.25) is 5.02 Å². The van der Waals surface area contributed by atoms with Gasteiger partial charge in [-0.15, -0.1) is 0 Å². The maximum atomic E-state index is 12.2. The second-order valence-corrected chi connectivity index (χ2v) is 5.07. The Bertz CT molecular complexity index is 425. The molecule has 1 heterocycles. The molecular weight excluding hydrogens is 238 g/mol. The number of halogens is 1. The lowest BCUT2D eigenvalue weighted by Gasteiger charge is -2.30. The summed E-state index contributed by atoms with van der Waals surface area (Å²) in [6.45, 7) is 3.73. The van der Waals surface area contributed by atoms with Gasteiger partial charge in [0.05, 0.1) is 5.56 Å². The highest BCUT2D eigenvalue weighted by atomic mass is 35.5. The number of hydrogen-bond acceptors (Lipinski definition) is 2. The van der Waals surface area contributed by atoms with E-state index in [4.69, 9.17) is 11.6 Å². The van der Waals surface area contributed by atoms with E-state index in [1.165, 1.54) is 6.07 Å². The fraction of sp³-hybridized carbons (Fsp3) is 0.462. The molecule has 1 aromatic carbocycles. The predicted octanol–water partition coefficient (Wildman–Crippen LogP) is 2.92. The third-order valence-electron chi connectivity index (χ3n) is 3.26. The summed E-state index contributed by atoms with van der Waals surface area (Å²) in [6.07, 6.45) is 2.06. The Hall–Kier alpha value is -1.22. The first-order chi connectivity index (χ1) is 8.08. The van der Waals surface area contributed by atoms with Gasteiger partial charge in [-0.25, -0.2) is 0 Å². The van der Waals surface area contributed by atoms with Crippen molar-refractivity contribution in [3.63, 3.8) is 0 Å². The van der Waals surface area contributed by atoms with Gasteiger partial charge in [0.2, 0.25) is 0 Å². The van der Waals surface area contributed by atoms with Gasteiger partial charge in [-0.1, -0.05) is 18.5 Å². The number of carbonyl (C=O) groups excluding carboxylic acids is 1. The average Bonchev–Trinajstić information content (AvgIpc) is 2.29. The first-order valence-corrected chi connectivity index (χ1v) is 6.23. The number of nitrogens with zero attached hydrogens (tertiary/aromatic N) is 1. The van der Waals surface area contributed by atoms with Gasteiger partial charge >= 0.3 is 0 Å². The van der Waals surface area contributed by atoms with Crippen LogP contribution in [0, 0.1) is 5.92 Å².